The molecule has 0 amide bonds. The fraction of sp³-hybridized carbons (Fsp3) is 0.533. The molecule has 0 bridgehead atoms. The van der Waals surface area contributed by atoms with Gasteiger partial charge in [0.25, 0.3) is 0 Å². The molecule has 1 atom stereocenters. The van der Waals surface area contributed by atoms with Crippen molar-refractivity contribution in [1.29, 1.82) is 0 Å². The lowest BCUT2D eigenvalue weighted by Gasteiger charge is -2.31. The van der Waals surface area contributed by atoms with Gasteiger partial charge in [0, 0.05) is 6.04 Å². The van der Waals surface area contributed by atoms with Crippen LogP contribution in [0.3, 0.4) is 0 Å². The van der Waals surface area contributed by atoms with E-state index in [1.807, 2.05) is 13.8 Å². The van der Waals surface area contributed by atoms with E-state index >= 15 is 0 Å². The average Bonchev–Trinajstić information content (AvgIpc) is 2.37. The van der Waals surface area contributed by atoms with Crippen molar-refractivity contribution >= 4 is 5.97 Å². The minimum Gasteiger partial charge on any atom is -0.464 e. The maximum Gasteiger partial charge on any atom is 0.416 e. The number of nitrogens with one attached hydrogen (secondary N) is 1. The summed E-state index contributed by atoms with van der Waals surface area (Å²) in [6.45, 7) is 6.96. The Morgan fingerprint density at radius 3 is 2.33 bits per heavy atom. The van der Waals surface area contributed by atoms with E-state index in [0.717, 1.165) is 12.1 Å². The molecule has 0 heterocycles. The minimum atomic E-state index is -4.45. The molecule has 0 aliphatic rings. The maximum atomic E-state index is 12.8. The highest BCUT2D eigenvalue weighted by atomic mass is 19.4. The van der Waals surface area contributed by atoms with Gasteiger partial charge in [0.15, 0.2) is 0 Å². The monoisotopic (exact) mass is 303 g/mol. The zero-order valence-electron chi connectivity index (χ0n) is 12.5. The summed E-state index contributed by atoms with van der Waals surface area (Å²) in [4.78, 5) is 12.2. The van der Waals surface area contributed by atoms with Crippen LogP contribution >= 0.6 is 0 Å². The van der Waals surface area contributed by atoms with Gasteiger partial charge in [-0.3, -0.25) is 5.32 Å². The van der Waals surface area contributed by atoms with Crippen LogP contribution in [0.25, 0.3) is 0 Å². The lowest BCUT2D eigenvalue weighted by Crippen LogP contribution is -2.50. The van der Waals surface area contributed by atoms with E-state index in [0.29, 0.717) is 0 Å². The number of esters is 1. The second-order valence-corrected chi connectivity index (χ2v) is 5.22. The molecule has 0 radical (unpaired) electrons. The fourth-order valence-corrected chi connectivity index (χ4v) is 2.12. The summed E-state index contributed by atoms with van der Waals surface area (Å²) in [5, 5.41) is 2.99. The van der Waals surface area contributed by atoms with Crippen molar-refractivity contribution in [3.63, 3.8) is 0 Å². The van der Waals surface area contributed by atoms with Crippen LogP contribution in [0.15, 0.2) is 24.3 Å². The fourth-order valence-electron chi connectivity index (χ4n) is 2.12. The number of carbonyl (C=O) groups excluding carboxylic acids is 1. The summed E-state index contributed by atoms with van der Waals surface area (Å²) >= 11 is 0. The van der Waals surface area contributed by atoms with Gasteiger partial charge < -0.3 is 4.74 Å². The van der Waals surface area contributed by atoms with Crippen LogP contribution in [0.5, 0.6) is 0 Å². The van der Waals surface area contributed by atoms with E-state index in [-0.39, 0.29) is 18.2 Å². The number of benzene rings is 1. The Morgan fingerprint density at radius 2 is 1.86 bits per heavy atom. The van der Waals surface area contributed by atoms with Crippen LogP contribution in [0.1, 0.15) is 38.8 Å². The highest BCUT2D eigenvalue weighted by Gasteiger charge is 2.39. The molecule has 1 aromatic rings. The summed E-state index contributed by atoms with van der Waals surface area (Å²) in [7, 11) is 0. The van der Waals surface area contributed by atoms with Gasteiger partial charge in [0.2, 0.25) is 0 Å². The van der Waals surface area contributed by atoms with Crippen molar-refractivity contribution in [1.82, 2.24) is 5.32 Å². The van der Waals surface area contributed by atoms with Crippen LogP contribution in [-0.4, -0.2) is 18.6 Å². The lowest BCUT2D eigenvalue weighted by atomic mass is 9.90. The molecule has 1 N–H and O–H groups in total. The maximum absolute atomic E-state index is 12.8. The normalized spacial score (nSPS) is 14.9. The zero-order chi connectivity index (χ0) is 16.3. The molecule has 3 nitrogen and oxygen atoms in total. The Bertz CT molecular complexity index is 500. The Hall–Kier alpha value is -1.56. The summed E-state index contributed by atoms with van der Waals surface area (Å²) in [6.07, 6.45) is -4.45. The van der Waals surface area contributed by atoms with Gasteiger partial charge in [-0.2, -0.15) is 13.2 Å². The quantitative estimate of drug-likeness (QED) is 0.846. The van der Waals surface area contributed by atoms with Crippen LogP contribution in [-0.2, 0) is 21.2 Å². The van der Waals surface area contributed by atoms with Crippen LogP contribution in [0.2, 0.25) is 0 Å². The number of hydrogen-bond acceptors (Lipinski definition) is 3. The summed E-state index contributed by atoms with van der Waals surface area (Å²) in [5.74, 6) is -0.599. The van der Waals surface area contributed by atoms with Gasteiger partial charge in [-0.1, -0.05) is 12.1 Å². The first-order valence-corrected chi connectivity index (χ1v) is 6.74. The lowest BCUT2D eigenvalue weighted by molar-refractivity contribution is -0.151. The van der Waals surface area contributed by atoms with E-state index in [4.69, 9.17) is 4.74 Å². The summed E-state index contributed by atoms with van der Waals surface area (Å²) in [6, 6.07) is 4.63. The predicted molar refractivity (Wildman–Crippen MR) is 73.7 cm³/mol. The summed E-state index contributed by atoms with van der Waals surface area (Å²) in [5.41, 5.74) is -1.89. The van der Waals surface area contributed by atoms with Gasteiger partial charge in [0.1, 0.15) is 5.54 Å². The molecule has 0 saturated heterocycles. The highest BCUT2D eigenvalue weighted by molar-refractivity contribution is 5.82. The largest absolute Gasteiger partial charge is 0.464 e. The van der Waals surface area contributed by atoms with Gasteiger partial charge in [-0.05, 0) is 45.4 Å². The van der Waals surface area contributed by atoms with Crippen LogP contribution in [0.4, 0.5) is 13.2 Å². The van der Waals surface area contributed by atoms with Crippen molar-refractivity contribution in [2.24, 2.45) is 0 Å². The minimum absolute atomic E-state index is 0.103. The molecule has 118 valence electrons. The summed E-state index contributed by atoms with van der Waals surface area (Å²) < 4.78 is 43.5. The van der Waals surface area contributed by atoms with Crippen LogP contribution in [0, 0.1) is 0 Å². The molecular formula is C15H20F3NO2. The highest BCUT2D eigenvalue weighted by Crippen LogP contribution is 2.32. The van der Waals surface area contributed by atoms with Crippen molar-refractivity contribution < 1.29 is 22.7 Å². The molecule has 0 saturated carbocycles. The third kappa shape index (κ3) is 4.20. The average molecular weight is 303 g/mol. The first-order valence-electron chi connectivity index (χ1n) is 6.74. The van der Waals surface area contributed by atoms with E-state index in [1.54, 1.807) is 6.92 Å². The third-order valence-electron chi connectivity index (χ3n) is 3.03. The molecule has 1 unspecified atom stereocenters. The number of halogens is 3. The van der Waals surface area contributed by atoms with Gasteiger partial charge in [-0.15, -0.1) is 0 Å². The number of carbonyl (C=O) groups is 1. The number of alkyl halides is 3. The number of hydrogen-bond donors (Lipinski definition) is 1. The Kier molecular flexibility index (Phi) is 5.39. The molecule has 1 aromatic carbocycles. The van der Waals surface area contributed by atoms with Crippen molar-refractivity contribution in [3.8, 4) is 0 Å². The van der Waals surface area contributed by atoms with Crippen molar-refractivity contribution in [3.05, 3.63) is 35.4 Å². The van der Waals surface area contributed by atoms with Gasteiger partial charge in [0.05, 0.1) is 12.2 Å². The molecule has 0 aliphatic carbocycles. The van der Waals surface area contributed by atoms with E-state index in [2.05, 4.69) is 5.32 Å². The van der Waals surface area contributed by atoms with E-state index < -0.39 is 23.2 Å². The third-order valence-corrected chi connectivity index (χ3v) is 3.03. The Morgan fingerprint density at radius 1 is 1.29 bits per heavy atom. The molecule has 0 aromatic heterocycles. The predicted octanol–water partition coefficient (Wildman–Crippen LogP) is 3.48. The second-order valence-electron chi connectivity index (χ2n) is 5.22. The molecule has 21 heavy (non-hydrogen) atoms. The first-order chi connectivity index (χ1) is 9.61. The standard InChI is InChI=1S/C15H20F3NO2/c1-5-21-13(20)14(4,19-10(2)3)11-7-6-8-12(9-11)15(16,17)18/h6-10,19H,5H2,1-4H3. The Balaban J connectivity index is 3.29. The van der Waals surface area contributed by atoms with Gasteiger partial charge >= 0.3 is 12.1 Å². The molecule has 0 aliphatic heterocycles. The topological polar surface area (TPSA) is 38.3 Å². The smallest absolute Gasteiger partial charge is 0.416 e. The molecule has 0 spiro atoms. The van der Waals surface area contributed by atoms with Crippen LogP contribution < -0.4 is 5.32 Å². The molecular weight excluding hydrogens is 283 g/mol. The molecule has 1 rings (SSSR count). The zero-order valence-corrected chi connectivity index (χ0v) is 12.5. The molecule has 6 heteroatoms. The SMILES string of the molecule is CCOC(=O)C(C)(NC(C)C)c1cccc(C(F)(F)F)c1. The first kappa shape index (κ1) is 17.5. The van der Waals surface area contributed by atoms with Crippen molar-refractivity contribution in [2.45, 2.75) is 45.5 Å². The number of rotatable bonds is 5. The Labute approximate surface area is 122 Å². The van der Waals surface area contributed by atoms with Crippen molar-refractivity contribution in [2.75, 3.05) is 6.61 Å². The van der Waals surface area contributed by atoms with E-state index in [1.165, 1.54) is 19.1 Å². The van der Waals surface area contributed by atoms with Gasteiger partial charge in [-0.25, -0.2) is 4.79 Å². The second kappa shape index (κ2) is 6.47. The molecule has 0 fully saturated rings. The van der Waals surface area contributed by atoms with E-state index in [9.17, 15) is 18.0 Å². The number of ether oxygens (including phenoxy) is 1.